The molecule has 1 spiro atoms. The van der Waals surface area contributed by atoms with Gasteiger partial charge in [-0.1, -0.05) is 19.3 Å². The highest BCUT2D eigenvalue weighted by atomic mass is 35.5. The number of nitrogens with one attached hydrogen (secondary N) is 2. The SMILES string of the molecule is CN(C)C1(CNC(=O)C2CC23CCNCC3)CCCCC1.Cl. The number of amides is 1. The topological polar surface area (TPSA) is 44.4 Å². The Morgan fingerprint density at radius 2 is 1.77 bits per heavy atom. The van der Waals surface area contributed by atoms with E-state index in [1.807, 2.05) is 0 Å². The van der Waals surface area contributed by atoms with Crippen LogP contribution in [0, 0.1) is 11.3 Å². The molecule has 1 heterocycles. The molecule has 3 aliphatic rings. The molecule has 2 aliphatic carbocycles. The smallest absolute Gasteiger partial charge is 0.223 e. The van der Waals surface area contributed by atoms with Crippen molar-refractivity contribution in [3.05, 3.63) is 0 Å². The predicted octanol–water partition coefficient (Wildman–Crippen LogP) is 2.18. The molecule has 22 heavy (non-hydrogen) atoms. The first-order valence-corrected chi connectivity index (χ1v) is 8.74. The molecular formula is C17H32ClN3O. The van der Waals surface area contributed by atoms with E-state index < -0.39 is 0 Å². The fraction of sp³-hybridized carbons (Fsp3) is 0.941. The van der Waals surface area contributed by atoms with Crippen molar-refractivity contribution < 1.29 is 4.79 Å². The Morgan fingerprint density at radius 3 is 2.36 bits per heavy atom. The van der Waals surface area contributed by atoms with Crippen LogP contribution >= 0.6 is 12.4 Å². The molecule has 128 valence electrons. The molecule has 0 radical (unpaired) electrons. The largest absolute Gasteiger partial charge is 0.354 e. The summed E-state index contributed by atoms with van der Waals surface area (Å²) in [7, 11) is 4.34. The van der Waals surface area contributed by atoms with Gasteiger partial charge in [-0.25, -0.2) is 0 Å². The molecule has 2 saturated carbocycles. The first-order valence-electron chi connectivity index (χ1n) is 8.74. The van der Waals surface area contributed by atoms with E-state index in [9.17, 15) is 4.79 Å². The molecule has 1 unspecified atom stereocenters. The third-order valence-electron chi connectivity index (χ3n) is 6.43. The van der Waals surface area contributed by atoms with Gasteiger partial charge in [-0.2, -0.15) is 0 Å². The summed E-state index contributed by atoms with van der Waals surface area (Å²) in [4.78, 5) is 14.9. The Hall–Kier alpha value is -0.320. The maximum atomic E-state index is 12.5. The fourth-order valence-electron chi connectivity index (χ4n) is 4.56. The van der Waals surface area contributed by atoms with Gasteiger partial charge in [0.2, 0.25) is 5.91 Å². The number of halogens is 1. The lowest BCUT2D eigenvalue weighted by Crippen LogP contribution is -2.54. The Bertz CT molecular complexity index is 387. The van der Waals surface area contributed by atoms with Crippen LogP contribution in [0.3, 0.4) is 0 Å². The van der Waals surface area contributed by atoms with E-state index in [2.05, 4.69) is 29.6 Å². The third-order valence-corrected chi connectivity index (χ3v) is 6.43. The molecule has 1 amide bonds. The molecule has 3 rings (SSSR count). The van der Waals surface area contributed by atoms with E-state index in [4.69, 9.17) is 0 Å². The Kier molecular flexibility index (Phi) is 5.79. The lowest BCUT2D eigenvalue weighted by atomic mass is 9.80. The normalized spacial score (nSPS) is 29.0. The maximum Gasteiger partial charge on any atom is 0.223 e. The van der Waals surface area contributed by atoms with Crippen molar-refractivity contribution in [2.24, 2.45) is 11.3 Å². The molecule has 0 bridgehead atoms. The number of carbonyl (C=O) groups excluding carboxylic acids is 1. The average molecular weight is 330 g/mol. The van der Waals surface area contributed by atoms with Gasteiger partial charge in [-0.15, -0.1) is 12.4 Å². The zero-order valence-corrected chi connectivity index (χ0v) is 14.9. The van der Waals surface area contributed by atoms with E-state index in [0.29, 0.717) is 17.2 Å². The van der Waals surface area contributed by atoms with Crippen molar-refractivity contribution in [3.63, 3.8) is 0 Å². The van der Waals surface area contributed by atoms with Crippen LogP contribution in [0.15, 0.2) is 0 Å². The summed E-state index contributed by atoms with van der Waals surface area (Å²) < 4.78 is 0. The molecule has 0 aromatic carbocycles. The molecule has 0 aromatic heterocycles. The molecule has 4 nitrogen and oxygen atoms in total. The molecule has 1 aliphatic heterocycles. The first-order chi connectivity index (χ1) is 10.1. The second-order valence-electron chi connectivity index (χ2n) is 7.77. The van der Waals surface area contributed by atoms with E-state index >= 15 is 0 Å². The van der Waals surface area contributed by atoms with Crippen molar-refractivity contribution in [3.8, 4) is 0 Å². The van der Waals surface area contributed by atoms with Crippen LogP contribution in [-0.2, 0) is 4.79 Å². The minimum atomic E-state index is 0. The van der Waals surface area contributed by atoms with Gasteiger partial charge in [0, 0.05) is 18.0 Å². The number of hydrogen-bond acceptors (Lipinski definition) is 3. The summed E-state index contributed by atoms with van der Waals surface area (Å²) in [5.41, 5.74) is 0.553. The number of likely N-dealkylation sites (N-methyl/N-ethyl adjacent to an activating group) is 1. The van der Waals surface area contributed by atoms with Crippen LogP contribution in [0.25, 0.3) is 0 Å². The van der Waals surface area contributed by atoms with Crippen LogP contribution in [0.1, 0.15) is 51.4 Å². The quantitative estimate of drug-likeness (QED) is 0.831. The van der Waals surface area contributed by atoms with Gasteiger partial charge in [-0.05, 0) is 64.7 Å². The number of piperidine rings is 1. The van der Waals surface area contributed by atoms with Gasteiger partial charge >= 0.3 is 0 Å². The third kappa shape index (κ3) is 3.44. The lowest BCUT2D eigenvalue weighted by Gasteiger charge is -2.43. The zero-order valence-electron chi connectivity index (χ0n) is 14.1. The lowest BCUT2D eigenvalue weighted by molar-refractivity contribution is -0.124. The van der Waals surface area contributed by atoms with E-state index in [-0.39, 0.29) is 17.9 Å². The summed E-state index contributed by atoms with van der Waals surface area (Å²) in [6, 6.07) is 0. The van der Waals surface area contributed by atoms with Crippen molar-refractivity contribution in [1.82, 2.24) is 15.5 Å². The monoisotopic (exact) mass is 329 g/mol. The zero-order chi connectivity index (χ0) is 14.9. The summed E-state index contributed by atoms with van der Waals surface area (Å²) in [5.74, 6) is 0.617. The van der Waals surface area contributed by atoms with E-state index in [1.165, 1.54) is 44.9 Å². The van der Waals surface area contributed by atoms with E-state index in [1.54, 1.807) is 0 Å². The number of carbonyl (C=O) groups is 1. The minimum Gasteiger partial charge on any atom is -0.354 e. The standard InChI is InChI=1S/C17H31N3O.ClH/c1-20(2)17(6-4-3-5-7-17)13-19-15(21)14-12-16(14)8-10-18-11-9-16;/h14,18H,3-13H2,1-2H3,(H,19,21);1H. The van der Waals surface area contributed by atoms with Gasteiger partial charge in [-0.3, -0.25) is 4.79 Å². The Balaban J connectivity index is 0.00000176. The first kappa shape index (κ1) is 18.0. The van der Waals surface area contributed by atoms with E-state index in [0.717, 1.165) is 26.1 Å². The minimum absolute atomic E-state index is 0. The van der Waals surface area contributed by atoms with Crippen LogP contribution in [0.2, 0.25) is 0 Å². The second kappa shape index (κ2) is 7.06. The van der Waals surface area contributed by atoms with Crippen LogP contribution < -0.4 is 10.6 Å². The molecule has 1 atom stereocenters. The predicted molar refractivity (Wildman–Crippen MR) is 92.4 cm³/mol. The highest BCUT2D eigenvalue weighted by Gasteiger charge is 2.57. The average Bonchev–Trinajstić information content (AvgIpc) is 3.19. The molecular weight excluding hydrogens is 298 g/mol. The van der Waals surface area contributed by atoms with Crippen LogP contribution in [0.5, 0.6) is 0 Å². The highest BCUT2D eigenvalue weighted by Crippen LogP contribution is 2.58. The summed E-state index contributed by atoms with van der Waals surface area (Å²) in [5, 5.41) is 6.71. The van der Waals surface area contributed by atoms with Crippen molar-refractivity contribution in [2.75, 3.05) is 33.7 Å². The Labute approximate surface area is 141 Å². The van der Waals surface area contributed by atoms with Crippen molar-refractivity contribution in [1.29, 1.82) is 0 Å². The van der Waals surface area contributed by atoms with Gasteiger partial charge in [0.25, 0.3) is 0 Å². The van der Waals surface area contributed by atoms with Gasteiger partial charge in [0.1, 0.15) is 0 Å². The molecule has 3 fully saturated rings. The molecule has 2 N–H and O–H groups in total. The second-order valence-corrected chi connectivity index (χ2v) is 7.77. The highest BCUT2D eigenvalue weighted by molar-refractivity contribution is 5.85. The fourth-order valence-corrected chi connectivity index (χ4v) is 4.56. The van der Waals surface area contributed by atoms with Crippen molar-refractivity contribution >= 4 is 18.3 Å². The van der Waals surface area contributed by atoms with Gasteiger partial charge in [0.15, 0.2) is 0 Å². The maximum absolute atomic E-state index is 12.5. The summed E-state index contributed by atoms with van der Waals surface area (Å²) >= 11 is 0. The van der Waals surface area contributed by atoms with Gasteiger partial charge in [0.05, 0.1) is 0 Å². The number of rotatable bonds is 4. The molecule has 0 aromatic rings. The summed E-state index contributed by atoms with van der Waals surface area (Å²) in [6.07, 6.45) is 9.88. The number of nitrogens with zero attached hydrogens (tertiary/aromatic N) is 1. The Morgan fingerprint density at radius 1 is 1.14 bits per heavy atom. The van der Waals surface area contributed by atoms with Crippen LogP contribution in [-0.4, -0.2) is 50.1 Å². The van der Waals surface area contributed by atoms with Crippen molar-refractivity contribution in [2.45, 2.75) is 56.9 Å². The molecule has 1 saturated heterocycles. The van der Waals surface area contributed by atoms with Gasteiger partial charge < -0.3 is 15.5 Å². The van der Waals surface area contributed by atoms with Crippen LogP contribution in [0.4, 0.5) is 0 Å². The summed E-state index contributed by atoms with van der Waals surface area (Å²) in [6.45, 7) is 3.01. The molecule has 5 heteroatoms. The number of hydrogen-bond donors (Lipinski definition) is 2.